The maximum absolute atomic E-state index is 12.5. The Kier molecular flexibility index (Phi) is 3.25. The molecule has 2 aromatic rings. The van der Waals surface area contributed by atoms with E-state index >= 15 is 0 Å². The number of fused-ring (bicyclic) bond motifs is 1. The number of carboxylic acid groups (broad SMARTS) is 1. The lowest BCUT2D eigenvalue weighted by Gasteiger charge is -2.21. The van der Waals surface area contributed by atoms with Gasteiger partial charge in [0.1, 0.15) is 10.4 Å². The van der Waals surface area contributed by atoms with E-state index in [2.05, 4.69) is 4.98 Å². The molecule has 112 valence electrons. The minimum absolute atomic E-state index is 0.0997. The number of H-pyrrole nitrogens is 1. The highest BCUT2D eigenvalue weighted by Crippen LogP contribution is 2.26. The van der Waals surface area contributed by atoms with E-state index < -0.39 is 28.7 Å². The summed E-state index contributed by atoms with van der Waals surface area (Å²) in [6.45, 7) is 4.01. The van der Waals surface area contributed by atoms with Crippen molar-refractivity contribution in [2.45, 2.75) is 26.3 Å². The summed E-state index contributed by atoms with van der Waals surface area (Å²) in [6, 6.07) is 0. The fourth-order valence-electron chi connectivity index (χ4n) is 2.05. The molecule has 9 heteroatoms. The molecule has 0 aromatic carbocycles. The van der Waals surface area contributed by atoms with Crippen LogP contribution < -0.4 is 17.0 Å². The molecule has 0 atom stereocenters. The summed E-state index contributed by atoms with van der Waals surface area (Å²) in [6.07, 6.45) is 0. The number of carbonyl (C=O) groups excluding carboxylic acids is 1. The lowest BCUT2D eigenvalue weighted by Crippen LogP contribution is -2.50. The molecule has 0 spiro atoms. The molecule has 2 heterocycles. The molecule has 0 aliphatic rings. The van der Waals surface area contributed by atoms with Crippen molar-refractivity contribution in [3.8, 4) is 0 Å². The van der Waals surface area contributed by atoms with Crippen LogP contribution in [0.2, 0.25) is 0 Å². The molecule has 0 bridgehead atoms. The molecular formula is C12H13N3O5S. The molecule has 0 fully saturated rings. The molecule has 0 saturated heterocycles. The average Bonchev–Trinajstić information content (AvgIpc) is 2.65. The van der Waals surface area contributed by atoms with Gasteiger partial charge in [-0.1, -0.05) is 0 Å². The molecule has 8 nitrogen and oxygen atoms in total. The van der Waals surface area contributed by atoms with Gasteiger partial charge in [-0.15, -0.1) is 11.3 Å². The monoisotopic (exact) mass is 311 g/mol. The number of thiophene rings is 1. The molecule has 0 saturated carbocycles. The van der Waals surface area contributed by atoms with Gasteiger partial charge in [0.05, 0.1) is 10.3 Å². The standard InChI is InChI=1S/C12H13N3O5S/c1-4-5-8(21-6(4)7(13)16)14-11(20)15(9(5)17)12(2,3)10(18)19/h1-3H3,(H2,13,16)(H,14,20)(H,18,19). The van der Waals surface area contributed by atoms with Crippen molar-refractivity contribution in [3.63, 3.8) is 0 Å². The normalized spacial score (nSPS) is 11.8. The molecule has 0 radical (unpaired) electrons. The highest BCUT2D eigenvalue weighted by Gasteiger charge is 2.34. The van der Waals surface area contributed by atoms with E-state index in [0.29, 0.717) is 10.1 Å². The Bertz CT molecular complexity index is 887. The van der Waals surface area contributed by atoms with Crippen LogP contribution in [0, 0.1) is 6.92 Å². The Morgan fingerprint density at radius 1 is 1.33 bits per heavy atom. The van der Waals surface area contributed by atoms with Crippen molar-refractivity contribution in [2.75, 3.05) is 0 Å². The van der Waals surface area contributed by atoms with Gasteiger partial charge in [0.15, 0.2) is 0 Å². The van der Waals surface area contributed by atoms with Crippen LogP contribution in [0.5, 0.6) is 0 Å². The molecule has 21 heavy (non-hydrogen) atoms. The number of carbonyl (C=O) groups is 2. The minimum atomic E-state index is -1.72. The zero-order valence-corrected chi connectivity index (χ0v) is 12.3. The van der Waals surface area contributed by atoms with E-state index in [-0.39, 0.29) is 15.1 Å². The van der Waals surface area contributed by atoms with Gasteiger partial charge in [-0.05, 0) is 26.3 Å². The lowest BCUT2D eigenvalue weighted by molar-refractivity contribution is -0.146. The van der Waals surface area contributed by atoms with Crippen LogP contribution in [0.1, 0.15) is 29.1 Å². The first-order chi connectivity index (χ1) is 9.59. The van der Waals surface area contributed by atoms with Gasteiger partial charge in [0.25, 0.3) is 11.5 Å². The zero-order valence-electron chi connectivity index (χ0n) is 11.5. The second-order valence-corrected chi connectivity index (χ2v) is 6.08. The highest BCUT2D eigenvalue weighted by molar-refractivity contribution is 7.20. The molecule has 2 rings (SSSR count). The van der Waals surface area contributed by atoms with Crippen LogP contribution in [0.4, 0.5) is 0 Å². The quantitative estimate of drug-likeness (QED) is 0.732. The van der Waals surface area contributed by atoms with Crippen LogP contribution in [0.15, 0.2) is 9.59 Å². The largest absolute Gasteiger partial charge is 0.480 e. The number of aryl methyl sites for hydroxylation is 1. The number of aromatic amines is 1. The number of aliphatic carboxylic acids is 1. The number of hydrogen-bond acceptors (Lipinski definition) is 5. The third kappa shape index (κ3) is 2.05. The summed E-state index contributed by atoms with van der Waals surface area (Å²) in [5.74, 6) is -2.03. The number of aromatic nitrogens is 2. The average molecular weight is 311 g/mol. The number of carboxylic acids is 1. The van der Waals surface area contributed by atoms with Crippen molar-refractivity contribution in [1.29, 1.82) is 0 Å². The van der Waals surface area contributed by atoms with Crippen molar-refractivity contribution >= 4 is 33.4 Å². The number of nitrogens with two attached hydrogens (primary N) is 1. The first-order valence-electron chi connectivity index (χ1n) is 5.91. The van der Waals surface area contributed by atoms with Crippen molar-refractivity contribution in [3.05, 3.63) is 31.3 Å². The summed E-state index contributed by atoms with van der Waals surface area (Å²) in [5.41, 5.74) is 2.21. The molecule has 0 unspecified atom stereocenters. The van der Waals surface area contributed by atoms with E-state index in [4.69, 9.17) is 5.73 Å². The minimum Gasteiger partial charge on any atom is -0.480 e. The number of primary amides is 1. The number of amides is 1. The van der Waals surface area contributed by atoms with E-state index in [1.807, 2.05) is 0 Å². The maximum Gasteiger partial charge on any atom is 0.330 e. The summed E-state index contributed by atoms with van der Waals surface area (Å²) < 4.78 is 0.627. The Hall–Kier alpha value is -2.42. The zero-order chi connectivity index (χ0) is 16.1. The van der Waals surface area contributed by atoms with Gasteiger partial charge in [0, 0.05) is 0 Å². The fourth-order valence-corrected chi connectivity index (χ4v) is 3.10. The summed E-state index contributed by atoms with van der Waals surface area (Å²) in [7, 11) is 0. The van der Waals surface area contributed by atoms with E-state index in [0.717, 1.165) is 11.3 Å². The predicted octanol–water partition coefficient (Wildman–Crippen LogP) is -0.0217. The smallest absolute Gasteiger partial charge is 0.330 e. The first-order valence-corrected chi connectivity index (χ1v) is 6.72. The summed E-state index contributed by atoms with van der Waals surface area (Å²) >= 11 is 0.897. The molecule has 2 aromatic heterocycles. The third-order valence-corrected chi connectivity index (χ3v) is 4.52. The Morgan fingerprint density at radius 2 is 1.90 bits per heavy atom. The topological polar surface area (TPSA) is 135 Å². The molecule has 0 aliphatic carbocycles. The van der Waals surface area contributed by atoms with Crippen LogP contribution in [0.3, 0.4) is 0 Å². The third-order valence-electron chi connectivity index (χ3n) is 3.29. The summed E-state index contributed by atoms with van der Waals surface area (Å²) in [4.78, 5) is 49.9. The van der Waals surface area contributed by atoms with Crippen LogP contribution in [0.25, 0.3) is 10.2 Å². The molecule has 0 aliphatic heterocycles. The van der Waals surface area contributed by atoms with E-state index in [9.17, 15) is 24.3 Å². The fraction of sp³-hybridized carbons (Fsp3) is 0.333. The van der Waals surface area contributed by atoms with Gasteiger partial charge < -0.3 is 10.8 Å². The van der Waals surface area contributed by atoms with E-state index in [1.165, 1.54) is 20.8 Å². The van der Waals surface area contributed by atoms with Gasteiger partial charge in [0.2, 0.25) is 0 Å². The number of nitrogens with one attached hydrogen (secondary N) is 1. The van der Waals surface area contributed by atoms with Crippen LogP contribution >= 0.6 is 11.3 Å². The van der Waals surface area contributed by atoms with E-state index in [1.54, 1.807) is 0 Å². The molecule has 1 amide bonds. The number of rotatable bonds is 3. The van der Waals surface area contributed by atoms with Gasteiger partial charge in [-0.2, -0.15) is 0 Å². The van der Waals surface area contributed by atoms with Crippen molar-refractivity contribution in [1.82, 2.24) is 9.55 Å². The SMILES string of the molecule is Cc1c(C(N)=O)sc2[nH]c(=O)n(C(C)(C)C(=O)O)c(=O)c12. The van der Waals surface area contributed by atoms with Gasteiger partial charge >= 0.3 is 11.7 Å². The van der Waals surface area contributed by atoms with Gasteiger partial charge in [-0.3, -0.25) is 14.6 Å². The molecular weight excluding hydrogens is 298 g/mol. The van der Waals surface area contributed by atoms with Gasteiger partial charge in [-0.25, -0.2) is 14.2 Å². The highest BCUT2D eigenvalue weighted by atomic mass is 32.1. The predicted molar refractivity (Wildman–Crippen MR) is 76.9 cm³/mol. The second-order valence-electron chi connectivity index (χ2n) is 5.06. The lowest BCUT2D eigenvalue weighted by atomic mass is 10.1. The first kappa shape index (κ1) is 15.0. The number of nitrogens with zero attached hydrogens (tertiary/aromatic N) is 1. The van der Waals surface area contributed by atoms with Crippen LogP contribution in [-0.4, -0.2) is 26.5 Å². The Morgan fingerprint density at radius 3 is 2.38 bits per heavy atom. The Balaban J connectivity index is 2.99. The van der Waals surface area contributed by atoms with Crippen molar-refractivity contribution in [2.24, 2.45) is 5.73 Å². The Labute approximate surface area is 121 Å². The molecule has 4 N–H and O–H groups in total. The second kappa shape index (κ2) is 4.55. The number of hydrogen-bond donors (Lipinski definition) is 3. The van der Waals surface area contributed by atoms with Crippen LogP contribution in [-0.2, 0) is 10.3 Å². The van der Waals surface area contributed by atoms with Crippen molar-refractivity contribution < 1.29 is 14.7 Å². The summed E-state index contributed by atoms with van der Waals surface area (Å²) in [5, 5.41) is 9.29. The maximum atomic E-state index is 12.5.